The molecule has 262 valence electrons. The van der Waals surface area contributed by atoms with Crippen molar-refractivity contribution < 1.29 is 14.6 Å². The molecule has 3 nitrogen and oxygen atoms in total. The first-order valence-electron chi connectivity index (χ1n) is 19.8. The van der Waals surface area contributed by atoms with Gasteiger partial charge in [0.05, 0.1) is 12.7 Å². The van der Waals surface area contributed by atoms with Crippen LogP contribution in [0.4, 0.5) is 0 Å². The summed E-state index contributed by atoms with van der Waals surface area (Å²) in [5.41, 5.74) is 0. The summed E-state index contributed by atoms with van der Waals surface area (Å²) in [7, 11) is 0. The van der Waals surface area contributed by atoms with Gasteiger partial charge in [0.2, 0.25) is 0 Å². The molecular formula is C42H76O3. The summed E-state index contributed by atoms with van der Waals surface area (Å²) in [6.45, 7) is 5.50. The highest BCUT2D eigenvalue weighted by molar-refractivity contribution is 4.93. The average Bonchev–Trinajstić information content (AvgIpc) is 3.05. The van der Waals surface area contributed by atoms with Crippen LogP contribution < -0.4 is 0 Å². The Balaban J connectivity index is 2.14. The van der Waals surface area contributed by atoms with Crippen molar-refractivity contribution in [2.24, 2.45) is 0 Å². The number of rotatable bonds is 32. The fourth-order valence-corrected chi connectivity index (χ4v) is 6.27. The summed E-state index contributed by atoms with van der Waals surface area (Å²) in [5.74, 6) is -0.414. The Kier molecular flexibility index (Phi) is 30.5. The van der Waals surface area contributed by atoms with E-state index in [-0.39, 0.29) is 12.7 Å². The van der Waals surface area contributed by atoms with Crippen LogP contribution in [-0.4, -0.2) is 30.2 Å². The highest BCUT2D eigenvalue weighted by Crippen LogP contribution is 2.34. The predicted octanol–water partition coefficient (Wildman–Crippen LogP) is 13.3. The van der Waals surface area contributed by atoms with Gasteiger partial charge in [0.1, 0.15) is 0 Å². The number of ether oxygens (including phenoxy) is 2. The molecule has 0 bridgehead atoms. The van der Waals surface area contributed by atoms with Crippen LogP contribution in [0.3, 0.4) is 0 Å². The second-order valence-electron chi connectivity index (χ2n) is 13.5. The molecule has 1 N–H and O–H groups in total. The molecule has 1 rings (SSSR count). The molecule has 0 aromatic heterocycles. The largest absolute Gasteiger partial charge is 0.396 e. The van der Waals surface area contributed by atoms with Crippen molar-refractivity contribution >= 4 is 0 Å². The first kappa shape index (κ1) is 41.9. The molecule has 1 atom stereocenters. The minimum absolute atomic E-state index is 0.151. The maximum absolute atomic E-state index is 9.50. The van der Waals surface area contributed by atoms with Crippen LogP contribution in [0, 0.1) is 0 Å². The first-order chi connectivity index (χ1) is 22.3. The monoisotopic (exact) mass is 629 g/mol. The van der Waals surface area contributed by atoms with Crippen LogP contribution in [0.1, 0.15) is 194 Å². The maximum Gasteiger partial charge on any atom is 0.168 e. The van der Waals surface area contributed by atoms with E-state index >= 15 is 0 Å². The van der Waals surface area contributed by atoms with Crippen LogP contribution in [0.2, 0.25) is 0 Å². The summed E-state index contributed by atoms with van der Waals surface area (Å²) >= 11 is 0. The number of unbranched alkanes of at least 4 members (excludes halogenated alkanes) is 18. The fourth-order valence-electron chi connectivity index (χ4n) is 6.27. The first-order valence-corrected chi connectivity index (χ1v) is 19.8. The number of aliphatic hydroxyl groups is 1. The SMILES string of the molecule is CCCCCC=CCC=CCCCCCCCCC1(CCCCCCCCC=CCC=CCCCCC)OCCC(CCO)O1. The van der Waals surface area contributed by atoms with E-state index in [0.717, 1.165) is 45.1 Å². The van der Waals surface area contributed by atoms with E-state index in [4.69, 9.17) is 9.47 Å². The minimum atomic E-state index is -0.414. The molecule has 1 unspecified atom stereocenters. The Bertz CT molecular complexity index is 671. The van der Waals surface area contributed by atoms with E-state index in [1.54, 1.807) is 0 Å². The molecule has 0 amide bonds. The van der Waals surface area contributed by atoms with Gasteiger partial charge in [-0.25, -0.2) is 0 Å². The summed E-state index contributed by atoms with van der Waals surface area (Å²) in [4.78, 5) is 0. The van der Waals surface area contributed by atoms with Gasteiger partial charge < -0.3 is 14.6 Å². The van der Waals surface area contributed by atoms with E-state index in [2.05, 4.69) is 62.5 Å². The number of hydrogen-bond donors (Lipinski definition) is 1. The van der Waals surface area contributed by atoms with Crippen LogP contribution >= 0.6 is 0 Å². The van der Waals surface area contributed by atoms with Crippen LogP contribution in [-0.2, 0) is 9.47 Å². The Labute approximate surface area is 281 Å². The molecule has 45 heavy (non-hydrogen) atoms. The zero-order chi connectivity index (χ0) is 32.4. The maximum atomic E-state index is 9.50. The van der Waals surface area contributed by atoms with Gasteiger partial charge in [0.25, 0.3) is 0 Å². The second-order valence-corrected chi connectivity index (χ2v) is 13.5. The third-order valence-corrected chi connectivity index (χ3v) is 9.15. The van der Waals surface area contributed by atoms with Gasteiger partial charge in [0.15, 0.2) is 5.79 Å². The second kappa shape index (κ2) is 32.8. The lowest BCUT2D eigenvalue weighted by atomic mass is 9.97. The molecule has 1 heterocycles. The lowest BCUT2D eigenvalue weighted by molar-refractivity contribution is -0.301. The molecule has 1 saturated heterocycles. The average molecular weight is 629 g/mol. The Morgan fingerprint density at radius 1 is 0.533 bits per heavy atom. The normalized spacial score (nSPS) is 19.3. The van der Waals surface area contributed by atoms with Crippen LogP contribution in [0.15, 0.2) is 48.6 Å². The Morgan fingerprint density at radius 2 is 0.933 bits per heavy atom. The molecule has 0 saturated carbocycles. The van der Waals surface area contributed by atoms with Crippen molar-refractivity contribution in [1.29, 1.82) is 0 Å². The summed E-state index contributed by atoms with van der Waals surface area (Å²) in [5, 5.41) is 9.50. The highest BCUT2D eigenvalue weighted by Gasteiger charge is 2.37. The summed E-state index contributed by atoms with van der Waals surface area (Å²) in [6, 6.07) is 0. The summed E-state index contributed by atoms with van der Waals surface area (Å²) in [6.07, 6.45) is 53.1. The van der Waals surface area contributed by atoms with E-state index in [1.165, 1.54) is 141 Å². The lowest BCUT2D eigenvalue weighted by Crippen LogP contribution is -2.45. The topological polar surface area (TPSA) is 38.7 Å². The van der Waals surface area contributed by atoms with Gasteiger partial charge in [-0.3, -0.25) is 0 Å². The van der Waals surface area contributed by atoms with Gasteiger partial charge in [-0.1, -0.05) is 140 Å². The molecule has 0 radical (unpaired) electrons. The van der Waals surface area contributed by atoms with E-state index < -0.39 is 5.79 Å². The van der Waals surface area contributed by atoms with Crippen molar-refractivity contribution in [1.82, 2.24) is 0 Å². The van der Waals surface area contributed by atoms with E-state index in [9.17, 15) is 5.11 Å². The van der Waals surface area contributed by atoms with E-state index in [0.29, 0.717) is 0 Å². The van der Waals surface area contributed by atoms with Crippen molar-refractivity contribution in [3.63, 3.8) is 0 Å². The van der Waals surface area contributed by atoms with Gasteiger partial charge in [0, 0.05) is 19.4 Å². The van der Waals surface area contributed by atoms with Crippen molar-refractivity contribution in [2.75, 3.05) is 13.2 Å². The quantitative estimate of drug-likeness (QED) is 0.0595. The highest BCUT2D eigenvalue weighted by atomic mass is 16.7. The third kappa shape index (κ3) is 26.6. The zero-order valence-electron chi connectivity index (χ0n) is 30.2. The van der Waals surface area contributed by atoms with Crippen molar-refractivity contribution in [3.8, 4) is 0 Å². The van der Waals surface area contributed by atoms with E-state index in [1.807, 2.05) is 0 Å². The molecule has 0 aliphatic carbocycles. The molecule has 1 fully saturated rings. The molecule has 3 heteroatoms. The van der Waals surface area contributed by atoms with Crippen molar-refractivity contribution in [2.45, 2.75) is 206 Å². The molecule has 0 aromatic carbocycles. The predicted molar refractivity (Wildman–Crippen MR) is 198 cm³/mol. The van der Waals surface area contributed by atoms with Crippen molar-refractivity contribution in [3.05, 3.63) is 48.6 Å². The third-order valence-electron chi connectivity index (χ3n) is 9.15. The van der Waals surface area contributed by atoms with Gasteiger partial charge in [-0.05, 0) is 89.9 Å². The van der Waals surface area contributed by atoms with Crippen LogP contribution in [0.5, 0.6) is 0 Å². The Hall–Kier alpha value is -1.16. The lowest BCUT2D eigenvalue weighted by Gasteiger charge is -2.41. The molecule has 1 aliphatic rings. The molecule has 1 aliphatic heterocycles. The fraction of sp³-hybridized carbons (Fsp3) is 0.810. The summed E-state index contributed by atoms with van der Waals surface area (Å²) < 4.78 is 12.9. The smallest absolute Gasteiger partial charge is 0.168 e. The minimum Gasteiger partial charge on any atom is -0.396 e. The molecule has 0 aromatic rings. The number of aliphatic hydroxyl groups excluding tert-OH is 1. The van der Waals surface area contributed by atoms with Gasteiger partial charge >= 0.3 is 0 Å². The Morgan fingerprint density at radius 3 is 1.36 bits per heavy atom. The van der Waals surface area contributed by atoms with Crippen LogP contribution in [0.25, 0.3) is 0 Å². The van der Waals surface area contributed by atoms with Gasteiger partial charge in [-0.15, -0.1) is 0 Å². The number of hydrogen-bond acceptors (Lipinski definition) is 3. The standard InChI is InChI=1S/C42H76O3/c1-3-5-7-9-11-13-15-17-19-21-23-25-27-29-31-33-37-42(44-40-36-41(45-42)35-39-43)38-34-32-30-28-26-24-22-20-18-16-14-12-10-8-6-4-2/h11-14,17-20,41,43H,3-10,15-16,21-40H2,1-2H3. The zero-order valence-corrected chi connectivity index (χ0v) is 30.2. The molecule has 0 spiro atoms. The van der Waals surface area contributed by atoms with Gasteiger partial charge in [-0.2, -0.15) is 0 Å². The number of allylic oxidation sites excluding steroid dienone is 8. The molecular weight excluding hydrogens is 552 g/mol.